The Labute approximate surface area is 97.8 Å². The smallest absolute Gasteiger partial charge is 0.313 e. The van der Waals surface area contributed by atoms with E-state index in [1.807, 2.05) is 0 Å². The van der Waals surface area contributed by atoms with E-state index in [0.29, 0.717) is 18.2 Å². The van der Waals surface area contributed by atoms with Crippen LogP contribution in [0.15, 0.2) is 5.03 Å². The highest BCUT2D eigenvalue weighted by Gasteiger charge is 2.19. The van der Waals surface area contributed by atoms with Crippen molar-refractivity contribution in [3.63, 3.8) is 0 Å². The summed E-state index contributed by atoms with van der Waals surface area (Å²) in [6.07, 6.45) is 0.997. The first-order chi connectivity index (χ1) is 7.70. The number of anilines is 1. The van der Waals surface area contributed by atoms with E-state index in [1.165, 1.54) is 0 Å². The van der Waals surface area contributed by atoms with Gasteiger partial charge in [0.15, 0.2) is 0 Å². The summed E-state index contributed by atoms with van der Waals surface area (Å²) in [6, 6.07) is 0. The summed E-state index contributed by atoms with van der Waals surface area (Å²) in [7, 11) is 0. The molecule has 2 heterocycles. The van der Waals surface area contributed by atoms with Gasteiger partial charge in [0.2, 0.25) is 0 Å². The minimum absolute atomic E-state index is 0.0892. The monoisotopic (exact) mass is 239 g/mol. The number of hydrogen-bond acceptors (Lipinski definition) is 6. The zero-order chi connectivity index (χ0) is 11.5. The molecular weight excluding hydrogens is 226 g/mol. The van der Waals surface area contributed by atoms with E-state index in [1.54, 1.807) is 18.7 Å². The molecule has 0 saturated carbocycles. The topological polar surface area (TPSA) is 78.1 Å². The maximum absolute atomic E-state index is 11.3. The number of nitrogens with zero attached hydrogens (tertiary/aromatic N) is 2. The van der Waals surface area contributed by atoms with Gasteiger partial charge in [0.1, 0.15) is 23.1 Å². The molecule has 1 aliphatic heterocycles. The van der Waals surface area contributed by atoms with Crippen molar-refractivity contribution in [3.8, 4) is 0 Å². The maximum atomic E-state index is 11.3. The summed E-state index contributed by atoms with van der Waals surface area (Å²) in [5.74, 6) is 1.61. The third-order valence-electron chi connectivity index (χ3n) is 2.25. The lowest BCUT2D eigenvalue weighted by molar-refractivity contribution is -0.142. The van der Waals surface area contributed by atoms with Crippen LogP contribution in [0.2, 0.25) is 0 Å². The lowest BCUT2D eigenvalue weighted by Crippen LogP contribution is -2.12. The molecule has 0 atom stereocenters. The molecule has 0 amide bonds. The number of nitrogens with two attached hydrogens (primary N) is 1. The molecule has 1 aromatic heterocycles. The van der Waals surface area contributed by atoms with Gasteiger partial charge in [-0.15, -0.1) is 11.8 Å². The van der Waals surface area contributed by atoms with Crippen LogP contribution in [0.5, 0.6) is 0 Å². The molecule has 0 radical (unpaired) electrons. The van der Waals surface area contributed by atoms with E-state index in [9.17, 15) is 4.79 Å². The number of carbonyl (C=O) groups excluding carboxylic acids is 1. The number of rotatable bonds is 3. The second kappa shape index (κ2) is 4.69. The van der Waals surface area contributed by atoms with Gasteiger partial charge in [-0.3, -0.25) is 4.79 Å². The SMILES string of the molecule is CCOC(=O)Cc1nc(N)c2c(n1)SCC2. The standard InChI is InChI=1S/C10H13N3O2S/c1-2-15-8(14)5-7-12-9(11)6-3-4-16-10(6)13-7/h2-5H2,1H3,(H2,11,12,13). The van der Waals surface area contributed by atoms with Gasteiger partial charge in [0.05, 0.1) is 6.61 Å². The fourth-order valence-electron chi connectivity index (χ4n) is 1.55. The normalized spacial score (nSPS) is 13.6. The average Bonchev–Trinajstić information content (AvgIpc) is 2.66. The van der Waals surface area contributed by atoms with Crippen molar-refractivity contribution in [1.82, 2.24) is 9.97 Å². The van der Waals surface area contributed by atoms with Gasteiger partial charge >= 0.3 is 5.97 Å². The van der Waals surface area contributed by atoms with Crippen LogP contribution in [-0.2, 0) is 22.4 Å². The minimum atomic E-state index is -0.315. The zero-order valence-electron chi connectivity index (χ0n) is 9.02. The van der Waals surface area contributed by atoms with Crippen LogP contribution in [0.4, 0.5) is 5.82 Å². The molecule has 0 saturated heterocycles. The summed E-state index contributed by atoms with van der Waals surface area (Å²) in [5.41, 5.74) is 6.82. The van der Waals surface area contributed by atoms with Crippen molar-refractivity contribution in [2.45, 2.75) is 24.8 Å². The number of carbonyl (C=O) groups is 1. The lowest BCUT2D eigenvalue weighted by Gasteiger charge is -2.05. The summed E-state index contributed by atoms with van der Waals surface area (Å²) >= 11 is 1.65. The van der Waals surface area contributed by atoms with Crippen LogP contribution >= 0.6 is 11.8 Å². The van der Waals surface area contributed by atoms with Crippen LogP contribution in [0, 0.1) is 0 Å². The molecule has 5 nitrogen and oxygen atoms in total. The highest BCUT2D eigenvalue weighted by Crippen LogP contribution is 2.32. The Kier molecular flexibility index (Phi) is 3.28. The maximum Gasteiger partial charge on any atom is 0.313 e. The van der Waals surface area contributed by atoms with E-state index >= 15 is 0 Å². The van der Waals surface area contributed by atoms with Crippen LogP contribution in [0.25, 0.3) is 0 Å². The highest BCUT2D eigenvalue weighted by molar-refractivity contribution is 7.99. The number of thioether (sulfide) groups is 1. The number of fused-ring (bicyclic) bond motifs is 1. The molecule has 86 valence electrons. The fourth-order valence-corrected chi connectivity index (χ4v) is 2.60. The third kappa shape index (κ3) is 2.27. The van der Waals surface area contributed by atoms with Crippen LogP contribution in [0.1, 0.15) is 18.3 Å². The fraction of sp³-hybridized carbons (Fsp3) is 0.500. The van der Waals surface area contributed by atoms with Gasteiger partial charge in [-0.2, -0.15) is 0 Å². The quantitative estimate of drug-likeness (QED) is 0.621. The van der Waals surface area contributed by atoms with Gasteiger partial charge in [-0.1, -0.05) is 0 Å². The number of ether oxygens (including phenoxy) is 1. The van der Waals surface area contributed by atoms with E-state index in [4.69, 9.17) is 10.5 Å². The molecule has 1 aromatic rings. The first kappa shape index (κ1) is 11.2. The molecule has 0 bridgehead atoms. The molecule has 0 aromatic carbocycles. The molecule has 16 heavy (non-hydrogen) atoms. The van der Waals surface area contributed by atoms with E-state index < -0.39 is 0 Å². The van der Waals surface area contributed by atoms with E-state index in [-0.39, 0.29) is 12.4 Å². The van der Waals surface area contributed by atoms with Crippen molar-refractivity contribution in [1.29, 1.82) is 0 Å². The molecule has 2 rings (SSSR count). The molecule has 0 spiro atoms. The van der Waals surface area contributed by atoms with Crippen molar-refractivity contribution in [2.75, 3.05) is 18.1 Å². The van der Waals surface area contributed by atoms with Gasteiger partial charge < -0.3 is 10.5 Å². The summed E-state index contributed by atoms with van der Waals surface area (Å²) in [6.45, 7) is 2.14. The molecule has 2 N–H and O–H groups in total. The Morgan fingerprint density at radius 3 is 3.12 bits per heavy atom. The van der Waals surface area contributed by atoms with Crippen molar-refractivity contribution in [3.05, 3.63) is 11.4 Å². The van der Waals surface area contributed by atoms with E-state index in [2.05, 4.69) is 9.97 Å². The number of nitrogen functional groups attached to an aromatic ring is 1. The predicted octanol–water partition coefficient (Wildman–Crippen LogP) is 0.813. The largest absolute Gasteiger partial charge is 0.466 e. The lowest BCUT2D eigenvalue weighted by atomic mass is 10.2. The predicted molar refractivity (Wildman–Crippen MR) is 61.2 cm³/mol. The van der Waals surface area contributed by atoms with Gasteiger partial charge in [0, 0.05) is 11.3 Å². The average molecular weight is 239 g/mol. The first-order valence-electron chi connectivity index (χ1n) is 5.14. The second-order valence-corrected chi connectivity index (χ2v) is 4.47. The Bertz CT molecular complexity index is 423. The Morgan fingerprint density at radius 2 is 2.38 bits per heavy atom. The Morgan fingerprint density at radius 1 is 1.56 bits per heavy atom. The minimum Gasteiger partial charge on any atom is -0.466 e. The number of aromatic nitrogens is 2. The molecule has 0 unspecified atom stereocenters. The molecule has 0 fully saturated rings. The summed E-state index contributed by atoms with van der Waals surface area (Å²) in [5, 5.41) is 0.909. The zero-order valence-corrected chi connectivity index (χ0v) is 9.84. The van der Waals surface area contributed by atoms with Gasteiger partial charge in [0.25, 0.3) is 0 Å². The van der Waals surface area contributed by atoms with Crippen LogP contribution < -0.4 is 5.73 Å². The summed E-state index contributed by atoms with van der Waals surface area (Å²) < 4.78 is 4.84. The Hall–Kier alpha value is -1.30. The van der Waals surface area contributed by atoms with Gasteiger partial charge in [-0.25, -0.2) is 9.97 Å². The van der Waals surface area contributed by atoms with Crippen molar-refractivity contribution >= 4 is 23.5 Å². The van der Waals surface area contributed by atoms with E-state index in [0.717, 1.165) is 22.8 Å². The van der Waals surface area contributed by atoms with Crippen LogP contribution in [-0.4, -0.2) is 28.3 Å². The second-order valence-electron chi connectivity index (χ2n) is 3.39. The highest BCUT2D eigenvalue weighted by atomic mass is 32.2. The number of hydrogen-bond donors (Lipinski definition) is 1. The van der Waals surface area contributed by atoms with Crippen molar-refractivity contribution in [2.24, 2.45) is 0 Å². The summed E-state index contributed by atoms with van der Waals surface area (Å²) in [4.78, 5) is 19.7. The van der Waals surface area contributed by atoms with Crippen LogP contribution in [0.3, 0.4) is 0 Å². The van der Waals surface area contributed by atoms with Gasteiger partial charge in [-0.05, 0) is 13.3 Å². The molecule has 0 aliphatic carbocycles. The molecular formula is C10H13N3O2S. The number of esters is 1. The Balaban J connectivity index is 2.17. The van der Waals surface area contributed by atoms with Crippen molar-refractivity contribution < 1.29 is 9.53 Å². The first-order valence-corrected chi connectivity index (χ1v) is 6.13. The third-order valence-corrected chi connectivity index (χ3v) is 3.27. The molecule has 1 aliphatic rings. The molecule has 6 heteroatoms.